The second-order valence-electron chi connectivity index (χ2n) is 7.99. The minimum absolute atomic E-state index is 0.0258. The summed E-state index contributed by atoms with van der Waals surface area (Å²) >= 11 is 2.69. The highest BCUT2D eigenvalue weighted by Gasteiger charge is 2.28. The lowest BCUT2D eigenvalue weighted by Gasteiger charge is -2.30. The maximum absolute atomic E-state index is 13.2. The maximum Gasteiger partial charge on any atom is 0.309 e. The predicted octanol–water partition coefficient (Wildman–Crippen LogP) is 4.20. The molecule has 3 aromatic rings. The van der Waals surface area contributed by atoms with Crippen molar-refractivity contribution >= 4 is 45.2 Å². The van der Waals surface area contributed by atoms with Crippen LogP contribution >= 0.6 is 23.1 Å². The molecule has 1 aromatic carbocycles. The molecule has 0 aliphatic carbocycles. The van der Waals surface area contributed by atoms with Gasteiger partial charge in [-0.3, -0.25) is 19.0 Å². The monoisotopic (exact) mass is 497 g/mol. The van der Waals surface area contributed by atoms with Crippen LogP contribution in [0, 0.1) is 5.92 Å². The number of esters is 1. The van der Waals surface area contributed by atoms with E-state index >= 15 is 0 Å². The molecule has 4 rings (SSSR count). The number of hydrogen-bond acceptors (Lipinski definition) is 7. The normalized spacial score (nSPS) is 14.3. The zero-order valence-corrected chi connectivity index (χ0v) is 20.7. The number of likely N-dealkylation sites (tertiary alicyclic amines) is 1. The highest BCUT2D eigenvalue weighted by molar-refractivity contribution is 7.99. The van der Waals surface area contributed by atoms with Crippen LogP contribution < -0.4 is 5.56 Å². The largest absolute Gasteiger partial charge is 0.466 e. The molecule has 34 heavy (non-hydrogen) atoms. The molecule has 0 atom stereocenters. The zero-order chi connectivity index (χ0) is 24.1. The third-order valence-electron chi connectivity index (χ3n) is 5.76. The standard InChI is InChI=1S/C25H27N3O4S2/c1-3-12-28-23(30)22-19(15-20(34-22)17-8-6-5-7-9-17)26-25(28)33-16-21(29)27-13-10-18(11-14-27)24(31)32-4-2/h3,5-9,15,18H,1,4,10-14,16H2,2H3. The Hall–Kier alpha value is -2.91. The van der Waals surface area contributed by atoms with Gasteiger partial charge in [-0.2, -0.15) is 0 Å². The number of nitrogens with zero attached hydrogens (tertiary/aromatic N) is 3. The lowest BCUT2D eigenvalue weighted by molar-refractivity contribution is -0.151. The van der Waals surface area contributed by atoms with Crippen LogP contribution in [0.25, 0.3) is 20.7 Å². The van der Waals surface area contributed by atoms with E-state index in [1.54, 1.807) is 22.5 Å². The number of hydrogen-bond donors (Lipinski definition) is 0. The predicted molar refractivity (Wildman–Crippen MR) is 136 cm³/mol. The minimum atomic E-state index is -0.180. The third kappa shape index (κ3) is 5.26. The first-order valence-electron chi connectivity index (χ1n) is 11.3. The van der Waals surface area contributed by atoms with Gasteiger partial charge in [0.1, 0.15) is 4.70 Å². The van der Waals surface area contributed by atoms with Crippen LogP contribution in [0.2, 0.25) is 0 Å². The molecule has 1 fully saturated rings. The van der Waals surface area contributed by atoms with Gasteiger partial charge in [-0.25, -0.2) is 4.98 Å². The van der Waals surface area contributed by atoms with E-state index in [0.29, 0.717) is 54.5 Å². The van der Waals surface area contributed by atoms with Crippen molar-refractivity contribution in [3.63, 3.8) is 0 Å². The third-order valence-corrected chi connectivity index (χ3v) is 7.88. The summed E-state index contributed by atoms with van der Waals surface area (Å²) in [6, 6.07) is 11.8. The smallest absolute Gasteiger partial charge is 0.309 e. The molecule has 3 heterocycles. The van der Waals surface area contributed by atoms with Gasteiger partial charge in [-0.05, 0) is 31.4 Å². The number of thioether (sulfide) groups is 1. The van der Waals surface area contributed by atoms with Crippen molar-refractivity contribution < 1.29 is 14.3 Å². The molecule has 0 N–H and O–H groups in total. The number of amides is 1. The van der Waals surface area contributed by atoms with Crippen molar-refractivity contribution in [2.45, 2.75) is 31.5 Å². The number of carbonyl (C=O) groups is 2. The van der Waals surface area contributed by atoms with Gasteiger partial charge in [-0.15, -0.1) is 17.9 Å². The Morgan fingerprint density at radius 1 is 1.26 bits per heavy atom. The van der Waals surface area contributed by atoms with Crippen LogP contribution in [0.1, 0.15) is 19.8 Å². The van der Waals surface area contributed by atoms with Gasteiger partial charge >= 0.3 is 5.97 Å². The molecule has 0 saturated carbocycles. The maximum atomic E-state index is 13.2. The highest BCUT2D eigenvalue weighted by Crippen LogP contribution is 2.32. The Morgan fingerprint density at radius 3 is 2.68 bits per heavy atom. The van der Waals surface area contributed by atoms with Gasteiger partial charge in [0, 0.05) is 24.5 Å². The second-order valence-corrected chi connectivity index (χ2v) is 9.98. The van der Waals surface area contributed by atoms with Crippen LogP contribution in [0.5, 0.6) is 0 Å². The van der Waals surface area contributed by atoms with Crippen LogP contribution in [0.3, 0.4) is 0 Å². The van der Waals surface area contributed by atoms with Gasteiger partial charge in [0.15, 0.2) is 5.16 Å². The summed E-state index contributed by atoms with van der Waals surface area (Å²) < 4.78 is 7.27. The average Bonchev–Trinajstić information content (AvgIpc) is 3.30. The first-order valence-corrected chi connectivity index (χ1v) is 13.1. The average molecular weight is 498 g/mol. The van der Waals surface area contributed by atoms with E-state index in [0.717, 1.165) is 10.4 Å². The molecule has 0 radical (unpaired) electrons. The molecule has 9 heteroatoms. The number of ether oxygens (including phenoxy) is 1. The highest BCUT2D eigenvalue weighted by atomic mass is 32.2. The number of thiophene rings is 1. The quantitative estimate of drug-likeness (QED) is 0.201. The molecular formula is C25H27N3O4S2. The van der Waals surface area contributed by atoms with Gasteiger partial charge in [0.25, 0.3) is 5.56 Å². The molecule has 0 spiro atoms. The summed E-state index contributed by atoms with van der Waals surface area (Å²) in [7, 11) is 0. The molecule has 1 aliphatic rings. The van der Waals surface area contributed by atoms with E-state index in [2.05, 4.69) is 6.58 Å². The van der Waals surface area contributed by atoms with E-state index < -0.39 is 0 Å². The van der Waals surface area contributed by atoms with Crippen molar-refractivity contribution in [1.82, 2.24) is 14.5 Å². The SMILES string of the molecule is C=CCn1c(SCC(=O)N2CCC(C(=O)OCC)CC2)nc2cc(-c3ccccc3)sc2c1=O. The van der Waals surface area contributed by atoms with Gasteiger partial charge in [0.05, 0.1) is 23.8 Å². The number of piperidine rings is 1. The Balaban J connectivity index is 1.49. The Kier molecular flexibility index (Phi) is 7.84. The van der Waals surface area contributed by atoms with Crippen molar-refractivity contribution in [3.8, 4) is 10.4 Å². The van der Waals surface area contributed by atoms with Gasteiger partial charge in [-0.1, -0.05) is 48.2 Å². The molecule has 1 amide bonds. The minimum Gasteiger partial charge on any atom is -0.466 e. The Labute approximate surface area is 206 Å². The van der Waals surface area contributed by atoms with Gasteiger partial charge < -0.3 is 9.64 Å². The molecule has 2 aromatic heterocycles. The number of carbonyl (C=O) groups excluding carboxylic acids is 2. The van der Waals surface area contributed by atoms with Gasteiger partial charge in [0.2, 0.25) is 5.91 Å². The molecule has 1 aliphatic heterocycles. The summed E-state index contributed by atoms with van der Waals surface area (Å²) in [6.07, 6.45) is 2.88. The number of aromatic nitrogens is 2. The first-order chi connectivity index (χ1) is 16.5. The molecule has 178 valence electrons. The van der Waals surface area contributed by atoms with Crippen LogP contribution in [0.15, 0.2) is 59.0 Å². The second kappa shape index (κ2) is 11.0. The van der Waals surface area contributed by atoms with Crippen molar-refractivity contribution in [2.24, 2.45) is 5.92 Å². The number of rotatable bonds is 8. The lowest BCUT2D eigenvalue weighted by atomic mass is 9.97. The zero-order valence-electron chi connectivity index (χ0n) is 19.1. The molecule has 0 bridgehead atoms. The van der Waals surface area contributed by atoms with E-state index in [1.807, 2.05) is 36.4 Å². The Bertz CT molecular complexity index is 1240. The molecular weight excluding hydrogens is 470 g/mol. The first kappa shape index (κ1) is 24.2. The number of allylic oxidation sites excluding steroid dienone is 1. The lowest BCUT2D eigenvalue weighted by Crippen LogP contribution is -2.41. The molecule has 1 saturated heterocycles. The van der Waals surface area contributed by atoms with Crippen LogP contribution in [-0.2, 0) is 20.9 Å². The number of benzene rings is 1. The van der Waals surface area contributed by atoms with Crippen LogP contribution in [0.4, 0.5) is 0 Å². The molecule has 0 unspecified atom stereocenters. The van der Waals surface area contributed by atoms with E-state index in [9.17, 15) is 14.4 Å². The van der Waals surface area contributed by atoms with Crippen molar-refractivity contribution in [2.75, 3.05) is 25.4 Å². The fourth-order valence-electron chi connectivity index (χ4n) is 3.98. The van der Waals surface area contributed by atoms with E-state index in [4.69, 9.17) is 9.72 Å². The summed E-state index contributed by atoms with van der Waals surface area (Å²) in [5, 5.41) is 0.504. The van der Waals surface area contributed by atoms with E-state index in [-0.39, 0.29) is 29.1 Å². The summed E-state index contributed by atoms with van der Waals surface area (Å²) in [5.41, 5.74) is 1.55. The summed E-state index contributed by atoms with van der Waals surface area (Å²) in [5.74, 6) is -0.173. The van der Waals surface area contributed by atoms with E-state index in [1.165, 1.54) is 23.1 Å². The van der Waals surface area contributed by atoms with Crippen molar-refractivity contribution in [1.29, 1.82) is 0 Å². The Morgan fingerprint density at radius 2 is 2.00 bits per heavy atom. The number of fused-ring (bicyclic) bond motifs is 1. The summed E-state index contributed by atoms with van der Waals surface area (Å²) in [4.78, 5) is 45.5. The summed E-state index contributed by atoms with van der Waals surface area (Å²) in [6.45, 7) is 7.31. The van der Waals surface area contributed by atoms with Crippen LogP contribution in [-0.4, -0.2) is 51.8 Å². The fourth-order valence-corrected chi connectivity index (χ4v) is 5.94. The van der Waals surface area contributed by atoms with Crippen molar-refractivity contribution in [3.05, 3.63) is 59.4 Å². The topological polar surface area (TPSA) is 81.5 Å². The molecule has 7 nitrogen and oxygen atoms in total. The fraction of sp³-hybridized carbons (Fsp3) is 0.360.